The van der Waals surface area contributed by atoms with E-state index in [9.17, 15) is 19.5 Å². The van der Waals surface area contributed by atoms with Crippen LogP contribution in [0.25, 0.3) is 0 Å². The summed E-state index contributed by atoms with van der Waals surface area (Å²) < 4.78 is 10.5. The van der Waals surface area contributed by atoms with E-state index in [1.54, 1.807) is 48.5 Å². The fraction of sp³-hybridized carbons (Fsp3) is 0.842. The second-order valence-electron chi connectivity index (χ2n) is 9.01. The molecule has 6 nitrogen and oxygen atoms in total. The fourth-order valence-corrected chi connectivity index (χ4v) is 3.11. The number of carbonyl (C=O) groups is 3. The Balaban J connectivity index is 5.94. The van der Waals surface area contributed by atoms with Gasteiger partial charge in [0.1, 0.15) is 5.60 Å². The maximum absolute atomic E-state index is 12.9. The number of carbonyl (C=O) groups excluding carboxylic acids is 2. The third kappa shape index (κ3) is 6.33. The maximum atomic E-state index is 12.9. The van der Waals surface area contributed by atoms with Gasteiger partial charge in [-0.2, -0.15) is 0 Å². The first-order valence-electron chi connectivity index (χ1n) is 8.58. The summed E-state index contributed by atoms with van der Waals surface area (Å²) in [6.45, 7) is 13.7. The van der Waals surface area contributed by atoms with E-state index in [1.165, 1.54) is 7.11 Å². The molecule has 0 fully saturated rings. The van der Waals surface area contributed by atoms with Crippen LogP contribution in [0.1, 0.15) is 74.7 Å². The number of ether oxygens (including phenoxy) is 2. The minimum atomic E-state index is -1.14. The van der Waals surface area contributed by atoms with Crippen molar-refractivity contribution in [1.82, 2.24) is 0 Å². The highest BCUT2D eigenvalue weighted by atomic mass is 16.6. The average molecular weight is 358 g/mol. The van der Waals surface area contributed by atoms with Crippen LogP contribution in [0.2, 0.25) is 0 Å². The van der Waals surface area contributed by atoms with Gasteiger partial charge in [-0.1, -0.05) is 6.92 Å². The molecule has 0 aromatic rings. The molecule has 0 aliphatic heterocycles. The van der Waals surface area contributed by atoms with Crippen LogP contribution in [-0.4, -0.2) is 35.7 Å². The molecule has 146 valence electrons. The summed E-state index contributed by atoms with van der Waals surface area (Å²) in [5.74, 6) is -1.92. The lowest BCUT2D eigenvalue weighted by Crippen LogP contribution is -2.45. The van der Waals surface area contributed by atoms with Gasteiger partial charge in [-0.3, -0.25) is 14.4 Å². The van der Waals surface area contributed by atoms with Crippen molar-refractivity contribution in [2.75, 3.05) is 7.11 Å². The monoisotopic (exact) mass is 358 g/mol. The van der Waals surface area contributed by atoms with Crippen molar-refractivity contribution >= 4 is 17.9 Å². The standard InChI is InChI=1S/C19H34O6/c1-10-18(7,14(22)24-9)12-19(8,11-17(5,6)13(20)21)15(23)25-16(2,3)4/h10-12H2,1-9H3,(H,20,21). The van der Waals surface area contributed by atoms with Gasteiger partial charge in [-0.15, -0.1) is 0 Å². The smallest absolute Gasteiger partial charge is 0.312 e. The lowest BCUT2D eigenvalue weighted by Gasteiger charge is -2.40. The summed E-state index contributed by atoms with van der Waals surface area (Å²) in [6.07, 6.45) is 0.664. The topological polar surface area (TPSA) is 89.9 Å². The summed E-state index contributed by atoms with van der Waals surface area (Å²) in [6, 6.07) is 0. The van der Waals surface area contributed by atoms with E-state index in [0.29, 0.717) is 6.42 Å². The van der Waals surface area contributed by atoms with E-state index in [-0.39, 0.29) is 12.8 Å². The highest BCUT2D eigenvalue weighted by Crippen LogP contribution is 2.45. The number of methoxy groups -OCH3 is 1. The molecule has 0 aromatic carbocycles. The third-order valence-electron chi connectivity index (χ3n) is 4.54. The number of hydrogen-bond acceptors (Lipinski definition) is 5. The molecule has 0 spiro atoms. The van der Waals surface area contributed by atoms with Crippen LogP contribution in [0.3, 0.4) is 0 Å². The molecule has 0 amide bonds. The summed E-state index contributed by atoms with van der Waals surface area (Å²) in [4.78, 5) is 36.8. The molecule has 25 heavy (non-hydrogen) atoms. The van der Waals surface area contributed by atoms with Crippen molar-refractivity contribution in [2.24, 2.45) is 16.2 Å². The number of hydrogen-bond donors (Lipinski definition) is 1. The number of esters is 2. The van der Waals surface area contributed by atoms with Crippen molar-refractivity contribution in [3.8, 4) is 0 Å². The van der Waals surface area contributed by atoms with Crippen molar-refractivity contribution in [3.63, 3.8) is 0 Å². The van der Waals surface area contributed by atoms with Crippen LogP contribution in [-0.2, 0) is 23.9 Å². The van der Waals surface area contributed by atoms with Gasteiger partial charge in [0, 0.05) is 0 Å². The number of rotatable bonds is 8. The number of aliphatic carboxylic acids is 1. The van der Waals surface area contributed by atoms with E-state index in [0.717, 1.165) is 0 Å². The number of carboxylic acids is 1. The molecule has 0 aliphatic rings. The van der Waals surface area contributed by atoms with Crippen LogP contribution >= 0.6 is 0 Å². The Kier molecular flexibility index (Phi) is 7.26. The molecule has 2 atom stereocenters. The van der Waals surface area contributed by atoms with Gasteiger partial charge in [0.25, 0.3) is 0 Å². The van der Waals surface area contributed by atoms with Gasteiger partial charge in [0.15, 0.2) is 0 Å². The van der Waals surface area contributed by atoms with E-state index < -0.39 is 39.8 Å². The lowest BCUT2D eigenvalue weighted by atomic mass is 9.65. The second-order valence-corrected chi connectivity index (χ2v) is 9.01. The molecule has 0 bridgehead atoms. The Morgan fingerprint density at radius 2 is 1.32 bits per heavy atom. The molecule has 2 unspecified atom stereocenters. The molecule has 0 saturated heterocycles. The van der Waals surface area contributed by atoms with Crippen molar-refractivity contribution in [3.05, 3.63) is 0 Å². The third-order valence-corrected chi connectivity index (χ3v) is 4.54. The summed E-state index contributed by atoms with van der Waals surface area (Å²) in [7, 11) is 1.31. The highest BCUT2D eigenvalue weighted by Gasteiger charge is 2.50. The highest BCUT2D eigenvalue weighted by molar-refractivity contribution is 5.82. The Hall–Kier alpha value is -1.59. The quantitative estimate of drug-likeness (QED) is 0.664. The molecule has 0 heterocycles. The summed E-state index contributed by atoms with van der Waals surface area (Å²) in [5, 5.41) is 9.49. The minimum Gasteiger partial charge on any atom is -0.481 e. The van der Waals surface area contributed by atoms with Gasteiger partial charge in [0.05, 0.1) is 23.4 Å². The van der Waals surface area contributed by atoms with Crippen LogP contribution in [0.15, 0.2) is 0 Å². The van der Waals surface area contributed by atoms with Crippen LogP contribution in [0, 0.1) is 16.2 Å². The number of carboxylic acid groups (broad SMARTS) is 1. The van der Waals surface area contributed by atoms with Crippen LogP contribution in [0.4, 0.5) is 0 Å². The minimum absolute atomic E-state index is 0.0524. The van der Waals surface area contributed by atoms with E-state index in [1.807, 2.05) is 6.92 Å². The molecule has 0 saturated carbocycles. The molecular formula is C19H34O6. The zero-order valence-corrected chi connectivity index (χ0v) is 17.1. The zero-order valence-electron chi connectivity index (χ0n) is 17.1. The molecular weight excluding hydrogens is 324 g/mol. The Bertz CT molecular complexity index is 516. The van der Waals surface area contributed by atoms with Gasteiger partial charge in [-0.25, -0.2) is 0 Å². The van der Waals surface area contributed by atoms with Gasteiger partial charge in [-0.05, 0) is 67.7 Å². The van der Waals surface area contributed by atoms with E-state index in [4.69, 9.17) is 9.47 Å². The molecule has 0 aliphatic carbocycles. The van der Waals surface area contributed by atoms with E-state index in [2.05, 4.69) is 0 Å². The first-order valence-corrected chi connectivity index (χ1v) is 8.58. The zero-order chi connectivity index (χ0) is 20.3. The first-order chi connectivity index (χ1) is 11.0. The molecule has 0 radical (unpaired) electrons. The van der Waals surface area contributed by atoms with Crippen molar-refractivity contribution < 1.29 is 29.0 Å². The predicted octanol–water partition coefficient (Wildman–Crippen LogP) is 3.81. The van der Waals surface area contributed by atoms with E-state index >= 15 is 0 Å². The SMILES string of the molecule is CCC(C)(CC(C)(CC(C)(C)C(=O)O)C(=O)OC(C)(C)C)C(=O)OC. The summed E-state index contributed by atoms with van der Waals surface area (Å²) in [5.41, 5.74) is -3.90. The van der Waals surface area contributed by atoms with Crippen LogP contribution < -0.4 is 0 Å². The van der Waals surface area contributed by atoms with Crippen molar-refractivity contribution in [1.29, 1.82) is 0 Å². The Morgan fingerprint density at radius 1 is 0.840 bits per heavy atom. The van der Waals surface area contributed by atoms with Crippen LogP contribution in [0.5, 0.6) is 0 Å². The van der Waals surface area contributed by atoms with Gasteiger partial charge in [0.2, 0.25) is 0 Å². The van der Waals surface area contributed by atoms with Gasteiger partial charge < -0.3 is 14.6 Å². The molecule has 0 rings (SSSR count). The lowest BCUT2D eigenvalue weighted by molar-refractivity contribution is -0.175. The average Bonchev–Trinajstić information content (AvgIpc) is 2.43. The van der Waals surface area contributed by atoms with Crippen molar-refractivity contribution in [2.45, 2.75) is 80.3 Å². The molecule has 0 aromatic heterocycles. The Morgan fingerprint density at radius 3 is 1.64 bits per heavy atom. The molecule has 1 N–H and O–H groups in total. The Labute approximate surface area is 151 Å². The normalized spacial score (nSPS) is 17.2. The fourth-order valence-electron chi connectivity index (χ4n) is 3.11. The first kappa shape index (κ1) is 23.4. The van der Waals surface area contributed by atoms with Gasteiger partial charge >= 0.3 is 17.9 Å². The molecule has 6 heteroatoms. The largest absolute Gasteiger partial charge is 0.481 e. The predicted molar refractivity (Wildman–Crippen MR) is 95.0 cm³/mol. The maximum Gasteiger partial charge on any atom is 0.312 e. The summed E-state index contributed by atoms with van der Waals surface area (Å²) >= 11 is 0. The second kappa shape index (κ2) is 7.75.